The van der Waals surface area contributed by atoms with Gasteiger partial charge in [0.1, 0.15) is 5.69 Å². The number of rotatable bonds is 5. The Morgan fingerprint density at radius 1 is 0.970 bits per heavy atom. The van der Waals surface area contributed by atoms with Crippen LogP contribution in [-0.2, 0) is 12.7 Å². The molecule has 2 heterocycles. The van der Waals surface area contributed by atoms with E-state index in [2.05, 4.69) is 39.3 Å². The van der Waals surface area contributed by atoms with Crippen LogP contribution in [0.5, 0.6) is 0 Å². The molecule has 0 unspecified atom stereocenters. The van der Waals surface area contributed by atoms with Crippen molar-refractivity contribution in [2.75, 3.05) is 38.1 Å². The first-order valence-corrected chi connectivity index (χ1v) is 10.7. The molecule has 1 fully saturated rings. The van der Waals surface area contributed by atoms with E-state index < -0.39 is 17.6 Å². The molecular formula is C25H25F3N4O. The van der Waals surface area contributed by atoms with Crippen molar-refractivity contribution in [1.82, 2.24) is 15.2 Å². The molecule has 1 amide bonds. The number of anilines is 1. The highest BCUT2D eigenvalue weighted by Gasteiger charge is 2.30. The second kappa shape index (κ2) is 9.62. The molecule has 0 radical (unpaired) electrons. The predicted molar refractivity (Wildman–Crippen MR) is 122 cm³/mol. The minimum absolute atomic E-state index is 0.0195. The Morgan fingerprint density at radius 2 is 1.67 bits per heavy atom. The first-order chi connectivity index (χ1) is 15.8. The van der Waals surface area contributed by atoms with Crippen LogP contribution < -0.4 is 10.2 Å². The van der Waals surface area contributed by atoms with Crippen molar-refractivity contribution in [2.45, 2.75) is 12.7 Å². The van der Waals surface area contributed by atoms with E-state index in [1.54, 1.807) is 18.2 Å². The summed E-state index contributed by atoms with van der Waals surface area (Å²) in [6.45, 7) is 4.00. The number of benzene rings is 2. The number of amides is 1. The van der Waals surface area contributed by atoms with Gasteiger partial charge in [0, 0.05) is 44.0 Å². The van der Waals surface area contributed by atoms with Gasteiger partial charge in [-0.25, -0.2) is 4.98 Å². The Balaban J connectivity index is 1.42. The fourth-order valence-electron chi connectivity index (χ4n) is 3.76. The molecule has 1 aliphatic heterocycles. The summed E-state index contributed by atoms with van der Waals surface area (Å²) >= 11 is 0. The largest absolute Gasteiger partial charge is 0.416 e. The average molecular weight is 454 g/mol. The number of aromatic nitrogens is 1. The van der Waals surface area contributed by atoms with E-state index in [4.69, 9.17) is 0 Å². The van der Waals surface area contributed by atoms with Crippen molar-refractivity contribution in [2.24, 2.45) is 0 Å². The van der Waals surface area contributed by atoms with Crippen LogP contribution >= 0.6 is 0 Å². The molecule has 4 rings (SSSR count). The van der Waals surface area contributed by atoms with E-state index in [0.29, 0.717) is 11.3 Å². The van der Waals surface area contributed by atoms with Crippen LogP contribution in [0.15, 0.2) is 66.7 Å². The third-order valence-corrected chi connectivity index (χ3v) is 5.72. The lowest BCUT2D eigenvalue weighted by molar-refractivity contribution is -0.137. The molecule has 172 valence electrons. The standard InChI is InChI=1S/C25H25F3N4O/c1-31-12-14-32(15-13-31)21-10-8-19(9-11-21)22-6-3-7-23(30-22)24(33)29-17-18-4-2-5-20(16-18)25(26,27)28/h2-11,16H,12-15,17H2,1H3,(H,29,33). The minimum atomic E-state index is -4.42. The maximum Gasteiger partial charge on any atom is 0.416 e. The number of nitrogens with zero attached hydrogens (tertiary/aromatic N) is 3. The zero-order chi connectivity index (χ0) is 23.4. The van der Waals surface area contributed by atoms with Crippen LogP contribution in [0.3, 0.4) is 0 Å². The highest BCUT2D eigenvalue weighted by molar-refractivity contribution is 5.92. The number of hydrogen-bond acceptors (Lipinski definition) is 4. The van der Waals surface area contributed by atoms with E-state index in [1.807, 2.05) is 18.2 Å². The molecule has 33 heavy (non-hydrogen) atoms. The predicted octanol–water partition coefficient (Wildman–Crippen LogP) is 4.45. The summed E-state index contributed by atoms with van der Waals surface area (Å²) in [5, 5.41) is 2.65. The van der Waals surface area contributed by atoms with Crippen molar-refractivity contribution in [3.63, 3.8) is 0 Å². The van der Waals surface area contributed by atoms with Crippen molar-refractivity contribution < 1.29 is 18.0 Å². The van der Waals surface area contributed by atoms with Gasteiger partial charge in [0.25, 0.3) is 5.91 Å². The molecular weight excluding hydrogens is 429 g/mol. The number of likely N-dealkylation sites (N-methyl/N-ethyl adjacent to an activating group) is 1. The number of nitrogens with one attached hydrogen (secondary N) is 1. The molecule has 8 heteroatoms. The number of pyridine rings is 1. The molecule has 1 saturated heterocycles. The zero-order valence-electron chi connectivity index (χ0n) is 18.3. The van der Waals surface area contributed by atoms with Gasteiger partial charge >= 0.3 is 6.18 Å². The Kier molecular flexibility index (Phi) is 6.65. The third kappa shape index (κ3) is 5.70. The molecule has 0 spiro atoms. The second-order valence-corrected chi connectivity index (χ2v) is 8.13. The van der Waals surface area contributed by atoms with E-state index in [-0.39, 0.29) is 12.2 Å². The Labute approximate surface area is 190 Å². The van der Waals surface area contributed by atoms with Gasteiger partial charge in [0.15, 0.2) is 0 Å². The Morgan fingerprint density at radius 3 is 2.36 bits per heavy atom. The lowest BCUT2D eigenvalue weighted by Crippen LogP contribution is -2.44. The number of halogens is 3. The van der Waals surface area contributed by atoms with E-state index >= 15 is 0 Å². The van der Waals surface area contributed by atoms with Crippen LogP contribution in [0.1, 0.15) is 21.6 Å². The highest BCUT2D eigenvalue weighted by atomic mass is 19.4. The van der Waals surface area contributed by atoms with E-state index in [0.717, 1.165) is 49.6 Å². The van der Waals surface area contributed by atoms with Gasteiger partial charge in [0.2, 0.25) is 0 Å². The Bertz CT molecular complexity index is 1110. The maximum atomic E-state index is 12.9. The number of carbonyl (C=O) groups is 1. The maximum absolute atomic E-state index is 12.9. The summed E-state index contributed by atoms with van der Waals surface area (Å²) in [5.41, 5.74) is 2.54. The molecule has 0 saturated carbocycles. The van der Waals surface area contributed by atoms with Crippen molar-refractivity contribution >= 4 is 11.6 Å². The summed E-state index contributed by atoms with van der Waals surface area (Å²) < 4.78 is 38.6. The number of carbonyl (C=O) groups excluding carboxylic acids is 1. The first kappa shape index (κ1) is 22.8. The number of alkyl halides is 3. The van der Waals surface area contributed by atoms with Gasteiger partial charge in [0.05, 0.1) is 11.3 Å². The van der Waals surface area contributed by atoms with Crippen LogP contribution in [0.25, 0.3) is 11.3 Å². The lowest BCUT2D eigenvalue weighted by atomic mass is 10.1. The summed E-state index contributed by atoms with van der Waals surface area (Å²) in [7, 11) is 2.12. The van der Waals surface area contributed by atoms with Gasteiger partial charge in [-0.3, -0.25) is 4.79 Å². The lowest BCUT2D eigenvalue weighted by Gasteiger charge is -2.34. The van der Waals surface area contributed by atoms with Crippen molar-refractivity contribution in [3.05, 3.63) is 83.6 Å². The SMILES string of the molecule is CN1CCN(c2ccc(-c3cccc(C(=O)NCc4cccc(C(F)(F)F)c4)n3)cc2)CC1. The molecule has 1 aromatic heterocycles. The summed E-state index contributed by atoms with van der Waals surface area (Å²) in [6, 6.07) is 18.2. The molecule has 2 aromatic carbocycles. The number of hydrogen-bond donors (Lipinski definition) is 1. The molecule has 5 nitrogen and oxygen atoms in total. The molecule has 0 atom stereocenters. The van der Waals surface area contributed by atoms with E-state index in [9.17, 15) is 18.0 Å². The van der Waals surface area contributed by atoms with Crippen molar-refractivity contribution in [3.8, 4) is 11.3 Å². The fourth-order valence-corrected chi connectivity index (χ4v) is 3.76. The molecule has 1 N–H and O–H groups in total. The van der Waals surface area contributed by atoms with Crippen LogP contribution in [0.4, 0.5) is 18.9 Å². The van der Waals surface area contributed by atoms with Crippen molar-refractivity contribution in [1.29, 1.82) is 0 Å². The first-order valence-electron chi connectivity index (χ1n) is 10.7. The average Bonchev–Trinajstić information content (AvgIpc) is 2.83. The molecule has 0 aliphatic carbocycles. The van der Waals surface area contributed by atoms with Crippen LogP contribution in [0.2, 0.25) is 0 Å². The smallest absolute Gasteiger partial charge is 0.369 e. The molecule has 3 aromatic rings. The highest BCUT2D eigenvalue weighted by Crippen LogP contribution is 2.29. The van der Waals surface area contributed by atoms with Gasteiger partial charge in [-0.2, -0.15) is 13.2 Å². The fraction of sp³-hybridized carbons (Fsp3) is 0.280. The topological polar surface area (TPSA) is 48.5 Å². The Hall–Kier alpha value is -3.39. The van der Waals surface area contributed by atoms with E-state index in [1.165, 1.54) is 6.07 Å². The normalized spacial score (nSPS) is 14.8. The van der Waals surface area contributed by atoms with Gasteiger partial charge < -0.3 is 15.1 Å². The number of piperazine rings is 1. The molecule has 1 aliphatic rings. The van der Waals surface area contributed by atoms with Crippen LogP contribution in [0, 0.1) is 0 Å². The summed E-state index contributed by atoms with van der Waals surface area (Å²) in [5.74, 6) is -0.441. The van der Waals surface area contributed by atoms with Gasteiger partial charge in [-0.05, 0) is 49.0 Å². The second-order valence-electron chi connectivity index (χ2n) is 8.13. The minimum Gasteiger partial charge on any atom is -0.369 e. The monoisotopic (exact) mass is 454 g/mol. The zero-order valence-corrected chi connectivity index (χ0v) is 18.3. The molecule has 0 bridgehead atoms. The summed E-state index contributed by atoms with van der Waals surface area (Å²) in [6.07, 6.45) is -4.42. The summed E-state index contributed by atoms with van der Waals surface area (Å²) in [4.78, 5) is 21.7. The third-order valence-electron chi connectivity index (χ3n) is 5.72. The van der Waals surface area contributed by atoms with Gasteiger partial charge in [-0.15, -0.1) is 0 Å². The van der Waals surface area contributed by atoms with Gasteiger partial charge in [-0.1, -0.05) is 30.3 Å². The quantitative estimate of drug-likeness (QED) is 0.619. The van der Waals surface area contributed by atoms with Crippen LogP contribution in [-0.4, -0.2) is 49.0 Å².